The SMILES string of the molecule is N#Cc1nnc(C=Cc2ccccc2)o1. The number of nitriles is 1. The number of hydrogen-bond acceptors (Lipinski definition) is 4. The van der Waals surface area contributed by atoms with E-state index in [1.165, 1.54) is 0 Å². The summed E-state index contributed by atoms with van der Waals surface area (Å²) in [7, 11) is 0. The maximum Gasteiger partial charge on any atom is 0.321 e. The van der Waals surface area contributed by atoms with Gasteiger partial charge in [0.15, 0.2) is 6.07 Å². The van der Waals surface area contributed by atoms with Crippen LogP contribution in [0.1, 0.15) is 17.3 Å². The van der Waals surface area contributed by atoms with Gasteiger partial charge >= 0.3 is 5.89 Å². The second kappa shape index (κ2) is 4.20. The predicted octanol–water partition coefficient (Wildman–Crippen LogP) is 2.11. The van der Waals surface area contributed by atoms with Crippen molar-refractivity contribution >= 4 is 12.2 Å². The standard InChI is InChI=1S/C11H7N3O/c12-8-11-14-13-10(15-11)7-6-9-4-2-1-3-5-9/h1-7H. The minimum absolute atomic E-state index is 0.0253. The van der Waals surface area contributed by atoms with Crippen LogP contribution in [0.15, 0.2) is 34.7 Å². The summed E-state index contributed by atoms with van der Waals surface area (Å²) in [6, 6.07) is 11.5. The number of benzene rings is 1. The molecule has 0 unspecified atom stereocenters. The van der Waals surface area contributed by atoms with Gasteiger partial charge in [-0.1, -0.05) is 35.4 Å². The van der Waals surface area contributed by atoms with E-state index in [1.807, 2.05) is 36.4 Å². The molecular weight excluding hydrogens is 190 g/mol. The van der Waals surface area contributed by atoms with Gasteiger partial charge in [-0.25, -0.2) is 0 Å². The average Bonchev–Trinajstić information content (AvgIpc) is 2.76. The summed E-state index contributed by atoms with van der Waals surface area (Å²) in [4.78, 5) is 0. The van der Waals surface area contributed by atoms with Crippen molar-refractivity contribution in [2.24, 2.45) is 0 Å². The number of hydrogen-bond donors (Lipinski definition) is 0. The lowest BCUT2D eigenvalue weighted by Crippen LogP contribution is -1.72. The molecule has 0 radical (unpaired) electrons. The molecule has 0 aliphatic rings. The first-order valence-corrected chi connectivity index (χ1v) is 4.35. The molecule has 0 spiro atoms. The lowest BCUT2D eigenvalue weighted by Gasteiger charge is -1.88. The zero-order valence-corrected chi connectivity index (χ0v) is 7.79. The van der Waals surface area contributed by atoms with Crippen LogP contribution in [-0.4, -0.2) is 10.2 Å². The largest absolute Gasteiger partial charge is 0.409 e. The van der Waals surface area contributed by atoms with E-state index in [2.05, 4.69) is 10.2 Å². The number of aromatic nitrogens is 2. The molecular formula is C11H7N3O. The van der Waals surface area contributed by atoms with Crippen LogP contribution in [0.3, 0.4) is 0 Å². The van der Waals surface area contributed by atoms with Crippen molar-refractivity contribution in [2.75, 3.05) is 0 Å². The van der Waals surface area contributed by atoms with Gasteiger partial charge in [0, 0.05) is 6.08 Å². The normalized spacial score (nSPS) is 10.3. The maximum absolute atomic E-state index is 8.47. The molecule has 2 aromatic rings. The topological polar surface area (TPSA) is 62.7 Å². The summed E-state index contributed by atoms with van der Waals surface area (Å²) in [6.45, 7) is 0. The van der Waals surface area contributed by atoms with E-state index >= 15 is 0 Å². The van der Waals surface area contributed by atoms with Crippen LogP contribution in [-0.2, 0) is 0 Å². The van der Waals surface area contributed by atoms with Gasteiger partial charge in [0.2, 0.25) is 5.89 Å². The van der Waals surface area contributed by atoms with E-state index in [0.29, 0.717) is 5.89 Å². The molecule has 1 aromatic heterocycles. The molecule has 0 saturated heterocycles. The molecule has 72 valence electrons. The molecule has 0 aliphatic carbocycles. The van der Waals surface area contributed by atoms with Crippen molar-refractivity contribution < 1.29 is 4.42 Å². The minimum Gasteiger partial charge on any atom is -0.409 e. The first kappa shape index (κ1) is 9.16. The highest BCUT2D eigenvalue weighted by molar-refractivity contribution is 5.65. The van der Waals surface area contributed by atoms with E-state index in [4.69, 9.17) is 9.68 Å². The van der Waals surface area contributed by atoms with Gasteiger partial charge in [-0.05, 0) is 11.6 Å². The van der Waals surface area contributed by atoms with Crippen molar-refractivity contribution in [3.63, 3.8) is 0 Å². The first-order chi connectivity index (χ1) is 7.38. The van der Waals surface area contributed by atoms with Crippen LogP contribution in [0.5, 0.6) is 0 Å². The van der Waals surface area contributed by atoms with Crippen LogP contribution in [0.4, 0.5) is 0 Å². The Hall–Kier alpha value is -2.41. The van der Waals surface area contributed by atoms with E-state index in [-0.39, 0.29) is 5.89 Å². The molecule has 0 fully saturated rings. The molecule has 1 aromatic carbocycles. The Kier molecular flexibility index (Phi) is 2.56. The van der Waals surface area contributed by atoms with Crippen LogP contribution in [0, 0.1) is 11.3 Å². The lowest BCUT2D eigenvalue weighted by atomic mass is 10.2. The van der Waals surface area contributed by atoms with Gasteiger partial charge in [-0.2, -0.15) is 5.26 Å². The van der Waals surface area contributed by atoms with Crippen LogP contribution < -0.4 is 0 Å². The molecule has 0 N–H and O–H groups in total. The summed E-state index contributed by atoms with van der Waals surface area (Å²) in [5, 5.41) is 15.7. The minimum atomic E-state index is -0.0253. The van der Waals surface area contributed by atoms with Gasteiger partial charge in [0.05, 0.1) is 0 Å². The van der Waals surface area contributed by atoms with Crippen molar-refractivity contribution in [3.8, 4) is 6.07 Å². The van der Waals surface area contributed by atoms with Crippen molar-refractivity contribution in [2.45, 2.75) is 0 Å². The van der Waals surface area contributed by atoms with E-state index < -0.39 is 0 Å². The Balaban J connectivity index is 2.16. The van der Waals surface area contributed by atoms with Crippen molar-refractivity contribution in [3.05, 3.63) is 47.7 Å². The Morgan fingerprint density at radius 3 is 2.60 bits per heavy atom. The maximum atomic E-state index is 8.47. The van der Waals surface area contributed by atoms with Crippen LogP contribution >= 0.6 is 0 Å². The smallest absolute Gasteiger partial charge is 0.321 e. The Labute approximate surface area is 86.5 Å². The second-order valence-electron chi connectivity index (χ2n) is 2.80. The van der Waals surface area contributed by atoms with E-state index in [1.54, 1.807) is 12.1 Å². The molecule has 0 amide bonds. The molecule has 0 aliphatic heterocycles. The molecule has 4 heteroatoms. The zero-order valence-electron chi connectivity index (χ0n) is 7.79. The lowest BCUT2D eigenvalue weighted by molar-refractivity contribution is 0.528. The van der Waals surface area contributed by atoms with Gasteiger partial charge < -0.3 is 4.42 Å². The second-order valence-corrected chi connectivity index (χ2v) is 2.80. The molecule has 4 nitrogen and oxygen atoms in total. The Morgan fingerprint density at radius 2 is 1.93 bits per heavy atom. The predicted molar refractivity (Wildman–Crippen MR) is 54.4 cm³/mol. The van der Waals surface area contributed by atoms with Crippen molar-refractivity contribution in [1.82, 2.24) is 10.2 Å². The molecule has 1 heterocycles. The Bertz CT molecular complexity index is 508. The van der Waals surface area contributed by atoms with Crippen LogP contribution in [0.25, 0.3) is 12.2 Å². The van der Waals surface area contributed by atoms with Gasteiger partial charge in [0.25, 0.3) is 0 Å². The van der Waals surface area contributed by atoms with Crippen LogP contribution in [0.2, 0.25) is 0 Å². The summed E-state index contributed by atoms with van der Waals surface area (Å²) >= 11 is 0. The van der Waals surface area contributed by atoms with Gasteiger partial charge in [0.1, 0.15) is 0 Å². The monoisotopic (exact) mass is 197 g/mol. The average molecular weight is 197 g/mol. The molecule has 0 saturated carbocycles. The Morgan fingerprint density at radius 1 is 1.13 bits per heavy atom. The third-order valence-electron chi connectivity index (χ3n) is 1.75. The number of rotatable bonds is 2. The third kappa shape index (κ3) is 2.29. The quantitative estimate of drug-likeness (QED) is 0.739. The molecule has 2 rings (SSSR count). The van der Waals surface area contributed by atoms with Gasteiger partial charge in [-0.3, -0.25) is 0 Å². The zero-order chi connectivity index (χ0) is 10.5. The van der Waals surface area contributed by atoms with E-state index in [9.17, 15) is 0 Å². The summed E-state index contributed by atoms with van der Waals surface area (Å²) in [6.07, 6.45) is 3.51. The van der Waals surface area contributed by atoms with E-state index in [0.717, 1.165) is 5.56 Å². The summed E-state index contributed by atoms with van der Waals surface area (Å²) in [5.74, 6) is 0.304. The molecule has 0 atom stereocenters. The summed E-state index contributed by atoms with van der Waals surface area (Å²) < 4.78 is 4.98. The first-order valence-electron chi connectivity index (χ1n) is 4.35. The number of nitrogens with zero attached hydrogens (tertiary/aromatic N) is 3. The highest BCUT2D eigenvalue weighted by atomic mass is 16.4. The fourth-order valence-corrected chi connectivity index (χ4v) is 1.08. The molecule has 15 heavy (non-hydrogen) atoms. The molecule has 0 bridgehead atoms. The fraction of sp³-hybridized carbons (Fsp3) is 0. The highest BCUT2D eigenvalue weighted by Gasteiger charge is 1.99. The third-order valence-corrected chi connectivity index (χ3v) is 1.75. The van der Waals surface area contributed by atoms with Gasteiger partial charge in [-0.15, -0.1) is 5.10 Å². The van der Waals surface area contributed by atoms with Crippen molar-refractivity contribution in [1.29, 1.82) is 5.26 Å². The summed E-state index contributed by atoms with van der Waals surface area (Å²) in [5.41, 5.74) is 1.04. The highest BCUT2D eigenvalue weighted by Crippen LogP contribution is 2.06. The fourth-order valence-electron chi connectivity index (χ4n) is 1.08.